The van der Waals surface area contributed by atoms with Gasteiger partial charge in [0.25, 0.3) is 5.91 Å². The van der Waals surface area contributed by atoms with Crippen molar-refractivity contribution in [3.05, 3.63) is 23.9 Å². The van der Waals surface area contributed by atoms with E-state index in [2.05, 4.69) is 16.4 Å². The van der Waals surface area contributed by atoms with Gasteiger partial charge < -0.3 is 24.4 Å². The summed E-state index contributed by atoms with van der Waals surface area (Å²) in [5.74, 6) is 0.704. The lowest BCUT2D eigenvalue weighted by molar-refractivity contribution is -0.156. The zero-order chi connectivity index (χ0) is 20.6. The summed E-state index contributed by atoms with van der Waals surface area (Å²) in [6.07, 6.45) is 7.41. The summed E-state index contributed by atoms with van der Waals surface area (Å²) >= 11 is 0. The highest BCUT2D eigenvalue weighted by molar-refractivity contribution is 5.81. The summed E-state index contributed by atoms with van der Waals surface area (Å²) in [6.45, 7) is 1.42. The van der Waals surface area contributed by atoms with Gasteiger partial charge in [-0.2, -0.15) is 0 Å². The van der Waals surface area contributed by atoms with Crippen LogP contribution < -0.4 is 10.1 Å². The summed E-state index contributed by atoms with van der Waals surface area (Å²) in [4.78, 5) is 31.6. The topological polar surface area (TPSA) is 90.0 Å². The molecule has 8 heteroatoms. The molecule has 3 fully saturated rings. The van der Waals surface area contributed by atoms with Crippen molar-refractivity contribution in [2.75, 3.05) is 33.0 Å². The van der Waals surface area contributed by atoms with Crippen molar-refractivity contribution in [3.63, 3.8) is 0 Å². The molecule has 6 rings (SSSR count). The maximum Gasteiger partial charge on any atom is 0.260 e. The van der Waals surface area contributed by atoms with Crippen LogP contribution in [0, 0.1) is 0 Å². The molecule has 8 nitrogen and oxygen atoms in total. The highest BCUT2D eigenvalue weighted by Crippen LogP contribution is 2.39. The number of hydrogen-bond donors (Lipinski definition) is 1. The van der Waals surface area contributed by atoms with Crippen molar-refractivity contribution < 1.29 is 23.8 Å². The van der Waals surface area contributed by atoms with Crippen LogP contribution in [0.1, 0.15) is 50.0 Å². The monoisotopic (exact) mass is 415 g/mol. The molecule has 5 aliphatic rings. The van der Waals surface area contributed by atoms with E-state index in [1.807, 2.05) is 11.0 Å². The van der Waals surface area contributed by atoms with Crippen LogP contribution in [0.2, 0.25) is 0 Å². The Balaban J connectivity index is 1.46. The van der Waals surface area contributed by atoms with E-state index in [1.54, 1.807) is 6.20 Å². The zero-order valence-electron chi connectivity index (χ0n) is 17.2. The molecule has 1 aliphatic carbocycles. The number of nitrogens with zero attached hydrogens (tertiary/aromatic N) is 2. The van der Waals surface area contributed by atoms with Gasteiger partial charge in [-0.05, 0) is 50.5 Å². The summed E-state index contributed by atoms with van der Waals surface area (Å²) in [7, 11) is 0. The minimum Gasteiger partial charge on any atom is -0.467 e. The van der Waals surface area contributed by atoms with Gasteiger partial charge in [-0.3, -0.25) is 9.59 Å². The second kappa shape index (κ2) is 8.15. The lowest BCUT2D eigenvalue weighted by Crippen LogP contribution is -2.72. The number of nitrogens with one attached hydrogen (secondary N) is 1. The second-order valence-corrected chi connectivity index (χ2v) is 8.90. The number of aromatic nitrogens is 1. The zero-order valence-corrected chi connectivity index (χ0v) is 17.2. The fourth-order valence-corrected chi connectivity index (χ4v) is 5.54. The molecule has 0 unspecified atom stereocenters. The Labute approximate surface area is 176 Å². The minimum atomic E-state index is -0.600. The van der Waals surface area contributed by atoms with Gasteiger partial charge in [0.2, 0.25) is 11.8 Å². The van der Waals surface area contributed by atoms with Crippen molar-refractivity contribution in [2.45, 2.75) is 62.1 Å². The first-order valence-corrected chi connectivity index (χ1v) is 11.0. The molecule has 0 aromatic carbocycles. The molecule has 1 N–H and O–H groups in total. The first kappa shape index (κ1) is 19.8. The number of piperidine rings is 1. The Morgan fingerprint density at radius 1 is 1.17 bits per heavy atom. The van der Waals surface area contributed by atoms with E-state index >= 15 is 0 Å². The van der Waals surface area contributed by atoms with Gasteiger partial charge in [0, 0.05) is 18.3 Å². The van der Waals surface area contributed by atoms with Crippen LogP contribution in [0.5, 0.6) is 5.88 Å². The number of carbonyl (C=O) groups excluding carboxylic acids is 2. The maximum atomic E-state index is 13.2. The van der Waals surface area contributed by atoms with Gasteiger partial charge in [0.15, 0.2) is 6.61 Å². The lowest BCUT2D eigenvalue weighted by Gasteiger charge is -2.51. The molecule has 2 atom stereocenters. The maximum absolute atomic E-state index is 13.2. The molecule has 162 valence electrons. The Kier molecular flexibility index (Phi) is 5.37. The average molecular weight is 415 g/mol. The summed E-state index contributed by atoms with van der Waals surface area (Å²) in [5, 5.41) is 3.14. The number of pyridine rings is 1. The van der Waals surface area contributed by atoms with E-state index in [4.69, 9.17) is 14.2 Å². The molecule has 4 aliphatic heterocycles. The third-order valence-corrected chi connectivity index (χ3v) is 7.07. The molecule has 2 saturated heterocycles. The van der Waals surface area contributed by atoms with Crippen LogP contribution in [-0.4, -0.2) is 72.4 Å². The lowest BCUT2D eigenvalue weighted by atomic mass is 9.80. The molecular formula is C22H29N3O5. The molecule has 0 radical (unpaired) electrons. The van der Waals surface area contributed by atoms with Crippen LogP contribution in [0.3, 0.4) is 0 Å². The SMILES string of the molecule is O=C1COC[C@@]2(CCCN3C(=O)COc4ncccc4C4CCC(CC4)OC[C@H]32)N1. The van der Waals surface area contributed by atoms with Crippen LogP contribution in [0.25, 0.3) is 0 Å². The standard InChI is InChI=1S/C22H29N3O5/c26-19-12-28-14-22(24-19)8-2-10-25-18(22)11-29-16-6-4-15(5-7-16)17-3-1-9-23-21(17)30-13-20(25)27/h1,3,9,15-16,18H,2,4-8,10-14H2,(H,24,26)/t15?,16?,18-,22+/m0/s1. The van der Waals surface area contributed by atoms with Gasteiger partial charge in [-0.25, -0.2) is 4.98 Å². The normalized spacial score (nSPS) is 34.7. The number of rotatable bonds is 0. The Morgan fingerprint density at radius 3 is 2.87 bits per heavy atom. The van der Waals surface area contributed by atoms with E-state index in [0.29, 0.717) is 31.6 Å². The third kappa shape index (κ3) is 3.67. The molecule has 2 amide bonds. The Bertz CT molecular complexity index is 806. The van der Waals surface area contributed by atoms with E-state index in [-0.39, 0.29) is 37.2 Å². The predicted molar refractivity (Wildman–Crippen MR) is 107 cm³/mol. The Hall–Kier alpha value is -2.19. The largest absolute Gasteiger partial charge is 0.467 e. The number of morpholine rings is 1. The van der Waals surface area contributed by atoms with Crippen molar-refractivity contribution in [2.24, 2.45) is 0 Å². The minimum absolute atomic E-state index is 0.0679. The first-order valence-electron chi connectivity index (χ1n) is 11.0. The molecule has 1 spiro atoms. The van der Waals surface area contributed by atoms with Gasteiger partial charge in [-0.1, -0.05) is 6.07 Å². The fraction of sp³-hybridized carbons (Fsp3) is 0.682. The smallest absolute Gasteiger partial charge is 0.260 e. The molecule has 30 heavy (non-hydrogen) atoms. The molecule has 2 bridgehead atoms. The van der Waals surface area contributed by atoms with Crippen LogP contribution in [-0.2, 0) is 19.1 Å². The second-order valence-electron chi connectivity index (χ2n) is 8.90. The third-order valence-electron chi connectivity index (χ3n) is 7.07. The first-order chi connectivity index (χ1) is 14.6. The average Bonchev–Trinajstić information content (AvgIpc) is 2.78. The van der Waals surface area contributed by atoms with E-state index in [1.165, 1.54) is 0 Å². The number of amides is 2. The predicted octanol–water partition coefficient (Wildman–Crippen LogP) is 1.39. The summed E-state index contributed by atoms with van der Waals surface area (Å²) in [5.41, 5.74) is 0.485. The number of hydrogen-bond acceptors (Lipinski definition) is 6. The fourth-order valence-electron chi connectivity index (χ4n) is 5.54. The molecule has 5 heterocycles. The van der Waals surface area contributed by atoms with Gasteiger partial charge in [0.05, 0.1) is 30.9 Å². The summed E-state index contributed by atoms with van der Waals surface area (Å²) < 4.78 is 17.9. The van der Waals surface area contributed by atoms with Crippen molar-refractivity contribution in [3.8, 4) is 5.88 Å². The van der Waals surface area contributed by atoms with Crippen molar-refractivity contribution in [1.29, 1.82) is 0 Å². The van der Waals surface area contributed by atoms with Crippen molar-refractivity contribution >= 4 is 11.8 Å². The molecule has 1 aromatic rings. The van der Waals surface area contributed by atoms with E-state index in [9.17, 15) is 9.59 Å². The highest BCUT2D eigenvalue weighted by atomic mass is 16.5. The number of fused-ring (bicyclic) bond motifs is 5. The van der Waals surface area contributed by atoms with E-state index in [0.717, 1.165) is 44.1 Å². The Morgan fingerprint density at radius 2 is 2.03 bits per heavy atom. The number of carbonyl (C=O) groups is 2. The molecule has 1 aromatic heterocycles. The van der Waals surface area contributed by atoms with Gasteiger partial charge in [-0.15, -0.1) is 0 Å². The number of ether oxygens (including phenoxy) is 3. The van der Waals surface area contributed by atoms with Gasteiger partial charge >= 0.3 is 0 Å². The van der Waals surface area contributed by atoms with Crippen LogP contribution in [0.4, 0.5) is 0 Å². The molecular weight excluding hydrogens is 386 g/mol. The van der Waals surface area contributed by atoms with E-state index < -0.39 is 5.54 Å². The highest BCUT2D eigenvalue weighted by Gasteiger charge is 2.49. The molecule has 1 saturated carbocycles. The summed E-state index contributed by atoms with van der Waals surface area (Å²) in [6, 6.07) is 3.72. The van der Waals surface area contributed by atoms with Crippen molar-refractivity contribution in [1.82, 2.24) is 15.2 Å². The van der Waals surface area contributed by atoms with Crippen LogP contribution >= 0.6 is 0 Å². The van der Waals surface area contributed by atoms with Gasteiger partial charge in [0.1, 0.15) is 6.61 Å². The van der Waals surface area contributed by atoms with Crippen LogP contribution in [0.15, 0.2) is 18.3 Å². The quantitative estimate of drug-likeness (QED) is 0.689.